The lowest BCUT2D eigenvalue weighted by atomic mass is 10.0. The fourth-order valence-corrected chi connectivity index (χ4v) is 3.59. The molecule has 1 heterocycles. The van der Waals surface area contributed by atoms with Gasteiger partial charge in [-0.15, -0.1) is 0 Å². The van der Waals surface area contributed by atoms with Crippen LogP contribution < -0.4 is 14.8 Å². The Hall–Kier alpha value is -2.53. The summed E-state index contributed by atoms with van der Waals surface area (Å²) in [4.78, 5) is 14.7. The van der Waals surface area contributed by atoms with Crippen LogP contribution in [0, 0.1) is 13.8 Å². The van der Waals surface area contributed by atoms with Gasteiger partial charge in [-0.25, -0.2) is 0 Å². The highest BCUT2D eigenvalue weighted by molar-refractivity contribution is 5.77. The Morgan fingerprint density at radius 3 is 2.61 bits per heavy atom. The second kappa shape index (κ2) is 9.60. The zero-order valence-electron chi connectivity index (χ0n) is 17.0. The molecule has 0 aromatic heterocycles. The van der Waals surface area contributed by atoms with Crippen molar-refractivity contribution in [2.45, 2.75) is 39.3 Å². The van der Waals surface area contributed by atoms with E-state index in [1.807, 2.05) is 50.2 Å². The third-order valence-corrected chi connectivity index (χ3v) is 5.24. The number of carbonyl (C=O) groups is 1. The summed E-state index contributed by atoms with van der Waals surface area (Å²) in [5.41, 5.74) is 3.38. The predicted molar refractivity (Wildman–Crippen MR) is 111 cm³/mol. The first-order chi connectivity index (χ1) is 13.5. The first-order valence-electron chi connectivity index (χ1n) is 9.89. The summed E-state index contributed by atoms with van der Waals surface area (Å²) in [6.45, 7) is 6.86. The van der Waals surface area contributed by atoms with Gasteiger partial charge < -0.3 is 14.8 Å². The number of methoxy groups -OCH3 is 1. The largest absolute Gasteiger partial charge is 0.496 e. The van der Waals surface area contributed by atoms with Crippen LogP contribution in [-0.4, -0.2) is 43.7 Å². The van der Waals surface area contributed by atoms with Gasteiger partial charge in [0.1, 0.15) is 11.5 Å². The van der Waals surface area contributed by atoms with E-state index in [0.29, 0.717) is 0 Å². The minimum atomic E-state index is -0.0518. The van der Waals surface area contributed by atoms with Crippen LogP contribution in [0.1, 0.15) is 29.5 Å². The maximum absolute atomic E-state index is 12.3. The first-order valence-corrected chi connectivity index (χ1v) is 9.89. The summed E-state index contributed by atoms with van der Waals surface area (Å²) < 4.78 is 11.2. The van der Waals surface area contributed by atoms with Crippen LogP contribution in [0.25, 0.3) is 0 Å². The Balaban J connectivity index is 1.42. The molecule has 0 atom stereocenters. The minimum Gasteiger partial charge on any atom is -0.496 e. The molecule has 0 unspecified atom stereocenters. The number of likely N-dealkylation sites (tertiary alicyclic amines) is 1. The van der Waals surface area contributed by atoms with Crippen LogP contribution in [0.15, 0.2) is 42.5 Å². The smallest absolute Gasteiger partial charge is 0.258 e. The van der Waals surface area contributed by atoms with Gasteiger partial charge in [-0.1, -0.05) is 30.3 Å². The molecule has 0 saturated carbocycles. The molecule has 2 aromatic carbocycles. The highest BCUT2D eigenvalue weighted by Crippen LogP contribution is 2.22. The van der Waals surface area contributed by atoms with E-state index in [2.05, 4.69) is 16.3 Å². The number of piperidine rings is 1. The fraction of sp³-hybridized carbons (Fsp3) is 0.435. The van der Waals surface area contributed by atoms with Crippen LogP contribution in [-0.2, 0) is 11.3 Å². The average Bonchev–Trinajstić information content (AvgIpc) is 2.70. The van der Waals surface area contributed by atoms with Crippen molar-refractivity contribution in [1.29, 1.82) is 0 Å². The predicted octanol–water partition coefficient (Wildman–Crippen LogP) is 3.47. The molecule has 0 spiro atoms. The maximum atomic E-state index is 12.3. The lowest BCUT2D eigenvalue weighted by molar-refractivity contribution is -0.124. The van der Waals surface area contributed by atoms with Crippen LogP contribution >= 0.6 is 0 Å². The first kappa shape index (κ1) is 20.2. The van der Waals surface area contributed by atoms with Gasteiger partial charge in [0, 0.05) is 31.2 Å². The molecule has 5 heteroatoms. The van der Waals surface area contributed by atoms with Crippen molar-refractivity contribution in [3.63, 3.8) is 0 Å². The van der Waals surface area contributed by atoms with Crippen LogP contribution in [0.4, 0.5) is 0 Å². The normalized spacial score (nSPS) is 15.2. The molecule has 150 valence electrons. The number of hydrogen-bond donors (Lipinski definition) is 1. The number of rotatable bonds is 7. The Morgan fingerprint density at radius 1 is 1.11 bits per heavy atom. The molecule has 3 rings (SSSR count). The van der Waals surface area contributed by atoms with E-state index in [1.54, 1.807) is 7.11 Å². The molecule has 1 aliphatic rings. The van der Waals surface area contributed by atoms with Gasteiger partial charge in [0.2, 0.25) is 0 Å². The topological polar surface area (TPSA) is 50.8 Å². The molecule has 1 N–H and O–H groups in total. The van der Waals surface area contributed by atoms with Gasteiger partial charge in [0.05, 0.1) is 7.11 Å². The van der Waals surface area contributed by atoms with E-state index in [4.69, 9.17) is 9.47 Å². The molecule has 0 aliphatic carbocycles. The van der Waals surface area contributed by atoms with E-state index >= 15 is 0 Å². The van der Waals surface area contributed by atoms with Crippen molar-refractivity contribution in [1.82, 2.24) is 10.2 Å². The molecular weight excluding hydrogens is 352 g/mol. The molecule has 5 nitrogen and oxygen atoms in total. The molecule has 2 aromatic rings. The minimum absolute atomic E-state index is 0.0518. The SMILES string of the molecule is COc1ccccc1CN1CCC(NC(=O)COc2cc(C)ccc2C)CC1. The van der Waals surface area contributed by atoms with Crippen molar-refractivity contribution < 1.29 is 14.3 Å². The van der Waals surface area contributed by atoms with E-state index in [0.717, 1.165) is 55.1 Å². The van der Waals surface area contributed by atoms with Gasteiger partial charge in [-0.2, -0.15) is 0 Å². The number of aryl methyl sites for hydroxylation is 2. The number of nitrogens with one attached hydrogen (secondary N) is 1. The Bertz CT molecular complexity index is 798. The molecule has 0 bridgehead atoms. The van der Waals surface area contributed by atoms with Gasteiger partial charge >= 0.3 is 0 Å². The molecule has 1 saturated heterocycles. The summed E-state index contributed by atoms with van der Waals surface area (Å²) in [6, 6.07) is 14.4. The highest BCUT2D eigenvalue weighted by atomic mass is 16.5. The average molecular weight is 383 g/mol. The van der Waals surface area contributed by atoms with Gasteiger partial charge in [0.15, 0.2) is 6.61 Å². The number of benzene rings is 2. The standard InChI is InChI=1S/C23H30N2O3/c1-17-8-9-18(2)22(14-17)28-16-23(26)24-20-10-12-25(13-11-20)15-19-6-4-5-7-21(19)27-3/h4-9,14,20H,10-13,15-16H2,1-3H3,(H,24,26). The van der Waals surface area contributed by atoms with Crippen molar-refractivity contribution in [2.75, 3.05) is 26.8 Å². The van der Waals surface area contributed by atoms with Gasteiger partial charge in [0.25, 0.3) is 5.91 Å². The third-order valence-electron chi connectivity index (χ3n) is 5.24. The number of nitrogens with zero attached hydrogens (tertiary/aromatic N) is 1. The van der Waals surface area contributed by atoms with Crippen molar-refractivity contribution >= 4 is 5.91 Å². The van der Waals surface area contributed by atoms with Gasteiger partial charge in [-0.3, -0.25) is 9.69 Å². The Morgan fingerprint density at radius 2 is 1.86 bits per heavy atom. The summed E-state index contributed by atoms with van der Waals surface area (Å²) in [5, 5.41) is 3.11. The summed E-state index contributed by atoms with van der Waals surface area (Å²) in [7, 11) is 1.71. The van der Waals surface area contributed by atoms with E-state index in [9.17, 15) is 4.79 Å². The third kappa shape index (κ3) is 5.49. The summed E-state index contributed by atoms with van der Waals surface area (Å²) >= 11 is 0. The second-order valence-electron chi connectivity index (χ2n) is 7.49. The van der Waals surface area contributed by atoms with Crippen molar-refractivity contribution in [3.05, 3.63) is 59.2 Å². The highest BCUT2D eigenvalue weighted by Gasteiger charge is 2.21. The fourth-order valence-electron chi connectivity index (χ4n) is 3.59. The molecule has 1 amide bonds. The van der Waals surface area contributed by atoms with Crippen LogP contribution in [0.3, 0.4) is 0 Å². The number of ether oxygens (including phenoxy) is 2. The maximum Gasteiger partial charge on any atom is 0.258 e. The van der Waals surface area contributed by atoms with E-state index < -0.39 is 0 Å². The number of carbonyl (C=O) groups excluding carboxylic acids is 1. The van der Waals surface area contributed by atoms with Gasteiger partial charge in [-0.05, 0) is 49.9 Å². The number of hydrogen-bond acceptors (Lipinski definition) is 4. The molecule has 28 heavy (non-hydrogen) atoms. The quantitative estimate of drug-likeness (QED) is 0.797. The molecule has 1 fully saturated rings. The van der Waals surface area contributed by atoms with Crippen molar-refractivity contribution in [3.8, 4) is 11.5 Å². The summed E-state index contributed by atoms with van der Waals surface area (Å²) in [6.07, 6.45) is 1.90. The van der Waals surface area contributed by atoms with Crippen LogP contribution in [0.5, 0.6) is 11.5 Å². The lowest BCUT2D eigenvalue weighted by Gasteiger charge is -2.32. The van der Waals surface area contributed by atoms with E-state index in [-0.39, 0.29) is 18.6 Å². The van der Waals surface area contributed by atoms with Crippen molar-refractivity contribution in [2.24, 2.45) is 0 Å². The monoisotopic (exact) mass is 382 g/mol. The van der Waals surface area contributed by atoms with E-state index in [1.165, 1.54) is 5.56 Å². The zero-order chi connectivity index (χ0) is 19.9. The van der Waals surface area contributed by atoms with Crippen LogP contribution in [0.2, 0.25) is 0 Å². The molecule has 0 radical (unpaired) electrons. The number of para-hydroxylation sites is 1. The Kier molecular flexibility index (Phi) is 6.93. The summed E-state index contributed by atoms with van der Waals surface area (Å²) in [5.74, 6) is 1.66. The second-order valence-corrected chi connectivity index (χ2v) is 7.49. The number of amides is 1. The Labute approximate surface area is 167 Å². The molecular formula is C23H30N2O3. The zero-order valence-corrected chi connectivity index (χ0v) is 17.0. The molecule has 1 aliphatic heterocycles. The lowest BCUT2D eigenvalue weighted by Crippen LogP contribution is -2.45.